The highest BCUT2D eigenvalue weighted by molar-refractivity contribution is 9.10. The van der Waals surface area contributed by atoms with Crippen LogP contribution in [-0.2, 0) is 9.59 Å². The zero-order chi connectivity index (χ0) is 13.0. The van der Waals surface area contributed by atoms with Gasteiger partial charge in [-0.25, -0.2) is 4.79 Å². The van der Waals surface area contributed by atoms with Gasteiger partial charge in [0.2, 0.25) is 0 Å². The van der Waals surface area contributed by atoms with Crippen molar-refractivity contribution in [1.29, 1.82) is 0 Å². The first-order valence-electron chi connectivity index (χ1n) is 4.77. The first-order valence-corrected chi connectivity index (χ1v) is 6.47. The van der Waals surface area contributed by atoms with Gasteiger partial charge in [-0.1, -0.05) is 44.0 Å². The van der Waals surface area contributed by atoms with Crippen molar-refractivity contribution in [2.45, 2.75) is 11.8 Å². The number of carboxylic acid groups (broad SMARTS) is 1. The Morgan fingerprint density at radius 1 is 1.41 bits per heavy atom. The predicted molar refractivity (Wildman–Crippen MR) is 73.2 cm³/mol. The van der Waals surface area contributed by atoms with Crippen LogP contribution in [0, 0.1) is 0 Å². The lowest BCUT2D eigenvalue weighted by atomic mass is 10.1. The van der Waals surface area contributed by atoms with E-state index in [0.29, 0.717) is 0 Å². The van der Waals surface area contributed by atoms with Crippen LogP contribution in [0.5, 0.6) is 0 Å². The number of carbonyl (C=O) groups excluding carboxylic acids is 1. The fourth-order valence-corrected chi connectivity index (χ4v) is 2.05. The van der Waals surface area contributed by atoms with Gasteiger partial charge in [-0.2, -0.15) is 0 Å². The first kappa shape index (κ1) is 14.1. The van der Waals surface area contributed by atoms with Gasteiger partial charge in [-0.05, 0) is 30.2 Å². The number of carboxylic acids is 1. The van der Waals surface area contributed by atoms with E-state index < -0.39 is 5.97 Å². The molecule has 0 spiro atoms. The fraction of sp³-hybridized carbons (Fsp3) is 0.167. The van der Waals surface area contributed by atoms with Crippen LogP contribution < -0.4 is 0 Å². The van der Waals surface area contributed by atoms with Gasteiger partial charge in [-0.15, -0.1) is 0 Å². The molecule has 0 saturated carbocycles. The van der Waals surface area contributed by atoms with Crippen molar-refractivity contribution >= 4 is 49.7 Å². The maximum absolute atomic E-state index is 11.2. The number of halogens is 2. The van der Waals surface area contributed by atoms with Crippen molar-refractivity contribution in [3.63, 3.8) is 0 Å². The molecule has 0 aromatic heterocycles. The Balaban J connectivity index is 3.01. The quantitative estimate of drug-likeness (QED) is 0.658. The Morgan fingerprint density at radius 2 is 2.06 bits per heavy atom. The van der Waals surface area contributed by atoms with Crippen molar-refractivity contribution in [1.82, 2.24) is 0 Å². The van der Waals surface area contributed by atoms with E-state index in [4.69, 9.17) is 5.11 Å². The fourth-order valence-electron chi connectivity index (χ4n) is 1.23. The van der Waals surface area contributed by atoms with E-state index >= 15 is 0 Å². The molecule has 5 heteroatoms. The summed E-state index contributed by atoms with van der Waals surface area (Å²) >= 11 is 6.63. The molecule has 0 aliphatic heterocycles. The van der Waals surface area contributed by atoms with Gasteiger partial charge in [-0.3, -0.25) is 4.79 Å². The monoisotopic (exact) mass is 360 g/mol. The summed E-state index contributed by atoms with van der Waals surface area (Å²) in [5.41, 5.74) is 1.58. The SMILES string of the molecule is CC(=O)C(Br)c1ccc(/C=C/C(=O)O)c(Br)c1. The topological polar surface area (TPSA) is 54.4 Å². The van der Waals surface area contributed by atoms with Crippen molar-refractivity contribution < 1.29 is 14.7 Å². The second kappa shape index (κ2) is 6.12. The van der Waals surface area contributed by atoms with E-state index in [1.54, 1.807) is 18.2 Å². The zero-order valence-electron chi connectivity index (χ0n) is 8.98. The number of alkyl halides is 1. The molecule has 1 atom stereocenters. The number of Topliss-reactive ketones (excluding diaryl/α,β-unsaturated/α-hetero) is 1. The third-order valence-electron chi connectivity index (χ3n) is 2.08. The summed E-state index contributed by atoms with van der Waals surface area (Å²) in [5.74, 6) is -0.978. The third-order valence-corrected chi connectivity index (χ3v) is 3.94. The molecule has 0 heterocycles. The molecular weight excluding hydrogens is 352 g/mol. The Bertz CT molecular complexity index is 481. The lowest BCUT2D eigenvalue weighted by Crippen LogP contribution is -2.01. The Labute approximate surface area is 116 Å². The van der Waals surface area contributed by atoms with Crippen LogP contribution in [0.2, 0.25) is 0 Å². The highest BCUT2D eigenvalue weighted by atomic mass is 79.9. The minimum absolute atomic E-state index is 0.0192. The predicted octanol–water partition coefficient (Wildman–Crippen LogP) is 3.57. The molecule has 90 valence electrons. The summed E-state index contributed by atoms with van der Waals surface area (Å²) in [6.07, 6.45) is 2.56. The number of hydrogen-bond acceptors (Lipinski definition) is 2. The number of carbonyl (C=O) groups is 2. The van der Waals surface area contributed by atoms with Crippen LogP contribution in [0.25, 0.3) is 6.08 Å². The standard InChI is InChI=1S/C12H10Br2O3/c1-7(15)12(14)9-3-2-8(10(13)6-9)4-5-11(16)17/h2-6,12H,1H3,(H,16,17)/b5-4+. The molecule has 3 nitrogen and oxygen atoms in total. The molecule has 1 aromatic rings. The van der Waals surface area contributed by atoms with E-state index in [1.165, 1.54) is 13.0 Å². The van der Waals surface area contributed by atoms with Gasteiger partial charge in [0.05, 0.1) is 4.83 Å². The molecule has 17 heavy (non-hydrogen) atoms. The molecule has 1 rings (SSSR count). The van der Waals surface area contributed by atoms with Crippen LogP contribution in [0.15, 0.2) is 28.7 Å². The number of rotatable bonds is 4. The maximum atomic E-state index is 11.2. The third kappa shape index (κ3) is 4.09. The summed E-state index contributed by atoms with van der Waals surface area (Å²) in [6.45, 7) is 1.51. The smallest absolute Gasteiger partial charge is 0.328 e. The molecule has 0 amide bonds. The first-order chi connectivity index (χ1) is 7.91. The van der Waals surface area contributed by atoms with Gasteiger partial charge in [0.25, 0.3) is 0 Å². The van der Waals surface area contributed by atoms with Gasteiger partial charge >= 0.3 is 5.97 Å². The molecule has 0 aliphatic carbocycles. The molecule has 0 saturated heterocycles. The summed E-state index contributed by atoms with van der Waals surface area (Å²) < 4.78 is 0.748. The molecular formula is C12H10Br2O3. The van der Waals surface area contributed by atoms with Gasteiger partial charge in [0, 0.05) is 10.5 Å². The summed E-state index contributed by atoms with van der Waals surface area (Å²) in [7, 11) is 0. The van der Waals surface area contributed by atoms with Crippen molar-refractivity contribution in [3.05, 3.63) is 39.9 Å². The van der Waals surface area contributed by atoms with Crippen molar-refractivity contribution in [3.8, 4) is 0 Å². The second-order valence-corrected chi connectivity index (χ2v) is 5.20. The normalized spacial score (nSPS) is 12.6. The maximum Gasteiger partial charge on any atom is 0.328 e. The summed E-state index contributed by atoms with van der Waals surface area (Å²) in [4.78, 5) is 21.3. The van der Waals surface area contributed by atoms with Crippen LogP contribution in [0.3, 0.4) is 0 Å². The molecule has 1 aromatic carbocycles. The van der Waals surface area contributed by atoms with Crippen molar-refractivity contribution in [2.75, 3.05) is 0 Å². The van der Waals surface area contributed by atoms with Crippen LogP contribution >= 0.6 is 31.9 Å². The van der Waals surface area contributed by atoms with E-state index in [-0.39, 0.29) is 10.6 Å². The summed E-state index contributed by atoms with van der Waals surface area (Å²) in [5, 5.41) is 8.53. The minimum atomic E-state index is -0.997. The van der Waals surface area contributed by atoms with Crippen LogP contribution in [0.4, 0.5) is 0 Å². The Morgan fingerprint density at radius 3 is 2.53 bits per heavy atom. The molecule has 0 radical (unpaired) electrons. The largest absolute Gasteiger partial charge is 0.478 e. The average Bonchev–Trinajstić information content (AvgIpc) is 2.26. The van der Waals surface area contributed by atoms with E-state index in [0.717, 1.165) is 21.7 Å². The van der Waals surface area contributed by atoms with Crippen LogP contribution in [-0.4, -0.2) is 16.9 Å². The average molecular weight is 362 g/mol. The van der Waals surface area contributed by atoms with E-state index in [9.17, 15) is 9.59 Å². The van der Waals surface area contributed by atoms with Crippen LogP contribution in [0.1, 0.15) is 22.9 Å². The lowest BCUT2D eigenvalue weighted by molar-refractivity contribution is -0.131. The number of aliphatic carboxylic acids is 1. The minimum Gasteiger partial charge on any atom is -0.478 e. The zero-order valence-corrected chi connectivity index (χ0v) is 12.2. The molecule has 1 N–H and O–H groups in total. The lowest BCUT2D eigenvalue weighted by Gasteiger charge is -2.08. The molecule has 1 unspecified atom stereocenters. The highest BCUT2D eigenvalue weighted by Crippen LogP contribution is 2.28. The van der Waals surface area contributed by atoms with Gasteiger partial charge < -0.3 is 5.11 Å². The van der Waals surface area contributed by atoms with E-state index in [1.807, 2.05) is 0 Å². The number of benzene rings is 1. The summed E-state index contributed by atoms with van der Waals surface area (Å²) in [6, 6.07) is 5.34. The molecule has 0 bridgehead atoms. The number of ketones is 1. The van der Waals surface area contributed by atoms with Gasteiger partial charge in [0.1, 0.15) is 5.78 Å². The van der Waals surface area contributed by atoms with Gasteiger partial charge in [0.15, 0.2) is 0 Å². The second-order valence-electron chi connectivity index (χ2n) is 3.43. The Kier molecular flexibility index (Phi) is 5.08. The van der Waals surface area contributed by atoms with Crippen molar-refractivity contribution in [2.24, 2.45) is 0 Å². The highest BCUT2D eigenvalue weighted by Gasteiger charge is 2.13. The molecule has 0 fully saturated rings. The van der Waals surface area contributed by atoms with E-state index in [2.05, 4.69) is 31.9 Å². The molecule has 0 aliphatic rings. The number of hydrogen-bond donors (Lipinski definition) is 1. The Hall–Kier alpha value is -0.940.